The largest absolute Gasteiger partial charge is 0.497 e. The summed E-state index contributed by atoms with van der Waals surface area (Å²) >= 11 is 0. The van der Waals surface area contributed by atoms with Crippen LogP contribution in [0.4, 0.5) is 4.39 Å². The molecule has 0 bridgehead atoms. The number of methoxy groups -OCH3 is 1. The average Bonchev–Trinajstić information content (AvgIpc) is 3.13. The molecule has 2 aromatic carbocycles. The SMILES string of the molecule is COc1cc(-c2ccccc2F)cc(C2(c3ccncc3)NC(N)c3ncccc32)c1. The van der Waals surface area contributed by atoms with Crippen molar-refractivity contribution < 1.29 is 9.13 Å². The van der Waals surface area contributed by atoms with Crippen molar-refractivity contribution in [3.05, 3.63) is 114 Å². The Labute approximate surface area is 179 Å². The van der Waals surface area contributed by atoms with E-state index in [1.54, 1.807) is 37.8 Å². The first-order chi connectivity index (χ1) is 15.1. The number of aromatic nitrogens is 2. The fourth-order valence-corrected chi connectivity index (χ4v) is 4.39. The number of nitrogens with two attached hydrogens (primary N) is 1. The molecule has 2 atom stereocenters. The van der Waals surface area contributed by atoms with E-state index in [1.165, 1.54) is 6.07 Å². The molecule has 0 saturated carbocycles. The smallest absolute Gasteiger partial charge is 0.131 e. The number of pyridine rings is 2. The number of fused-ring (bicyclic) bond motifs is 1. The molecule has 0 saturated heterocycles. The summed E-state index contributed by atoms with van der Waals surface area (Å²) in [5.41, 5.74) is 10.4. The molecule has 31 heavy (non-hydrogen) atoms. The third kappa shape index (κ3) is 3.08. The van der Waals surface area contributed by atoms with Gasteiger partial charge >= 0.3 is 0 Å². The molecule has 0 fully saturated rings. The lowest BCUT2D eigenvalue weighted by Crippen LogP contribution is -2.42. The zero-order chi connectivity index (χ0) is 21.4. The summed E-state index contributed by atoms with van der Waals surface area (Å²) in [6, 6.07) is 20.3. The number of benzene rings is 2. The van der Waals surface area contributed by atoms with Crippen LogP contribution in [0.1, 0.15) is 28.6 Å². The van der Waals surface area contributed by atoms with Crippen LogP contribution in [0.2, 0.25) is 0 Å². The standard InChI is InChI=1S/C25H21FN4O/c1-31-19-14-16(20-5-2-3-7-22(20)26)13-18(15-19)25(17-8-11-28-12-9-17)21-6-4-10-29-23(21)24(27)30-25/h2-15,24,30H,27H2,1H3. The number of hydrogen-bond donors (Lipinski definition) is 2. The van der Waals surface area contributed by atoms with Crippen LogP contribution in [0.5, 0.6) is 5.75 Å². The molecule has 3 heterocycles. The molecule has 0 aliphatic carbocycles. The van der Waals surface area contributed by atoms with Crippen LogP contribution in [0.3, 0.4) is 0 Å². The van der Waals surface area contributed by atoms with Gasteiger partial charge < -0.3 is 10.5 Å². The molecule has 6 heteroatoms. The summed E-state index contributed by atoms with van der Waals surface area (Å²) in [7, 11) is 1.60. The van der Waals surface area contributed by atoms with Crippen molar-refractivity contribution >= 4 is 0 Å². The van der Waals surface area contributed by atoms with Gasteiger partial charge in [-0.3, -0.25) is 15.3 Å². The minimum Gasteiger partial charge on any atom is -0.497 e. The topological polar surface area (TPSA) is 73.1 Å². The molecule has 0 radical (unpaired) electrons. The zero-order valence-electron chi connectivity index (χ0n) is 16.9. The fourth-order valence-electron chi connectivity index (χ4n) is 4.39. The second-order valence-corrected chi connectivity index (χ2v) is 7.47. The third-order valence-electron chi connectivity index (χ3n) is 5.78. The highest BCUT2D eigenvalue weighted by atomic mass is 19.1. The normalized spacial score (nSPS) is 19.8. The molecule has 5 rings (SSSR count). The Kier molecular flexibility index (Phi) is 4.73. The van der Waals surface area contributed by atoms with Crippen LogP contribution >= 0.6 is 0 Å². The van der Waals surface area contributed by atoms with Gasteiger partial charge in [0.05, 0.1) is 18.3 Å². The van der Waals surface area contributed by atoms with E-state index in [-0.39, 0.29) is 5.82 Å². The third-order valence-corrected chi connectivity index (χ3v) is 5.78. The van der Waals surface area contributed by atoms with E-state index >= 15 is 0 Å². The van der Waals surface area contributed by atoms with Crippen molar-refractivity contribution in [2.75, 3.05) is 7.11 Å². The molecule has 0 spiro atoms. The average molecular weight is 412 g/mol. The first-order valence-corrected chi connectivity index (χ1v) is 9.97. The van der Waals surface area contributed by atoms with E-state index in [9.17, 15) is 4.39 Å². The van der Waals surface area contributed by atoms with Gasteiger partial charge in [-0.1, -0.05) is 24.3 Å². The second-order valence-electron chi connectivity index (χ2n) is 7.47. The highest BCUT2D eigenvalue weighted by molar-refractivity contribution is 5.69. The van der Waals surface area contributed by atoms with Crippen LogP contribution < -0.4 is 15.8 Å². The highest BCUT2D eigenvalue weighted by Crippen LogP contribution is 2.46. The number of rotatable bonds is 4. The van der Waals surface area contributed by atoms with Gasteiger partial charge in [0.2, 0.25) is 0 Å². The minimum atomic E-state index is -0.791. The number of nitrogens with zero attached hydrogens (tertiary/aromatic N) is 2. The molecular weight excluding hydrogens is 391 g/mol. The Morgan fingerprint density at radius 3 is 2.55 bits per heavy atom. The molecule has 0 amide bonds. The Balaban J connectivity index is 1.82. The number of ether oxygens (including phenoxy) is 1. The Morgan fingerprint density at radius 1 is 0.968 bits per heavy atom. The fraction of sp³-hybridized carbons (Fsp3) is 0.120. The van der Waals surface area contributed by atoms with Crippen molar-refractivity contribution in [3.8, 4) is 16.9 Å². The van der Waals surface area contributed by atoms with Crippen LogP contribution in [0.15, 0.2) is 85.3 Å². The summed E-state index contributed by atoms with van der Waals surface area (Å²) in [6.45, 7) is 0. The molecule has 154 valence electrons. The molecule has 1 aliphatic rings. The highest BCUT2D eigenvalue weighted by Gasteiger charge is 2.46. The van der Waals surface area contributed by atoms with Crippen LogP contribution in [-0.4, -0.2) is 17.1 Å². The van der Waals surface area contributed by atoms with Crippen molar-refractivity contribution in [1.82, 2.24) is 15.3 Å². The van der Waals surface area contributed by atoms with Crippen molar-refractivity contribution in [3.63, 3.8) is 0 Å². The molecule has 4 aromatic rings. The summed E-state index contributed by atoms with van der Waals surface area (Å²) < 4.78 is 20.2. The van der Waals surface area contributed by atoms with Gasteiger partial charge in [0.25, 0.3) is 0 Å². The maximum absolute atomic E-state index is 14.6. The van der Waals surface area contributed by atoms with Gasteiger partial charge in [-0.2, -0.15) is 0 Å². The van der Waals surface area contributed by atoms with E-state index in [2.05, 4.69) is 15.3 Å². The van der Waals surface area contributed by atoms with Crippen LogP contribution in [0, 0.1) is 5.82 Å². The van der Waals surface area contributed by atoms with Crippen LogP contribution in [0.25, 0.3) is 11.1 Å². The minimum absolute atomic E-state index is 0.294. The number of halogens is 1. The predicted molar refractivity (Wildman–Crippen MR) is 117 cm³/mol. The van der Waals surface area contributed by atoms with E-state index in [0.717, 1.165) is 22.4 Å². The monoisotopic (exact) mass is 412 g/mol. The molecule has 2 unspecified atom stereocenters. The molecule has 3 N–H and O–H groups in total. The lowest BCUT2D eigenvalue weighted by atomic mass is 9.78. The maximum atomic E-state index is 14.6. The molecule has 2 aromatic heterocycles. The maximum Gasteiger partial charge on any atom is 0.131 e. The quantitative estimate of drug-likeness (QED) is 0.527. The van der Waals surface area contributed by atoms with Gasteiger partial charge in [-0.15, -0.1) is 0 Å². The van der Waals surface area contributed by atoms with E-state index in [0.29, 0.717) is 16.9 Å². The Bertz CT molecular complexity index is 1250. The lowest BCUT2D eigenvalue weighted by Gasteiger charge is -2.33. The van der Waals surface area contributed by atoms with Gasteiger partial charge in [0.15, 0.2) is 0 Å². The van der Waals surface area contributed by atoms with E-state index in [1.807, 2.05) is 48.5 Å². The predicted octanol–water partition coefficient (Wildman–Crippen LogP) is 4.14. The molecule has 1 aliphatic heterocycles. The summed E-state index contributed by atoms with van der Waals surface area (Å²) in [6.07, 6.45) is 4.76. The van der Waals surface area contributed by atoms with E-state index in [4.69, 9.17) is 10.5 Å². The summed E-state index contributed by atoms with van der Waals surface area (Å²) in [5, 5.41) is 3.55. The Morgan fingerprint density at radius 2 is 1.77 bits per heavy atom. The number of hydrogen-bond acceptors (Lipinski definition) is 5. The van der Waals surface area contributed by atoms with E-state index < -0.39 is 11.7 Å². The van der Waals surface area contributed by atoms with Gasteiger partial charge in [-0.25, -0.2) is 4.39 Å². The van der Waals surface area contributed by atoms with Crippen LogP contribution in [-0.2, 0) is 5.54 Å². The first-order valence-electron chi connectivity index (χ1n) is 9.97. The number of nitrogens with one attached hydrogen (secondary N) is 1. The Hall–Kier alpha value is -3.61. The summed E-state index contributed by atoms with van der Waals surface area (Å²) in [5.74, 6) is 0.328. The lowest BCUT2D eigenvalue weighted by molar-refractivity contribution is 0.409. The molecular formula is C25H21FN4O. The van der Waals surface area contributed by atoms with Crippen molar-refractivity contribution in [2.45, 2.75) is 11.7 Å². The zero-order valence-corrected chi connectivity index (χ0v) is 16.9. The van der Waals surface area contributed by atoms with Gasteiger partial charge in [0.1, 0.15) is 17.7 Å². The second kappa shape index (κ2) is 7.58. The van der Waals surface area contributed by atoms with Crippen molar-refractivity contribution in [2.24, 2.45) is 5.73 Å². The summed E-state index contributed by atoms with van der Waals surface area (Å²) in [4.78, 5) is 8.71. The van der Waals surface area contributed by atoms with Gasteiger partial charge in [0, 0.05) is 29.7 Å². The molecule has 5 nitrogen and oxygen atoms in total. The van der Waals surface area contributed by atoms with Crippen molar-refractivity contribution in [1.29, 1.82) is 0 Å². The van der Waals surface area contributed by atoms with Gasteiger partial charge in [-0.05, 0) is 59.2 Å². The first kappa shape index (κ1) is 19.4.